The molecule has 0 aliphatic carbocycles. The second-order valence-electron chi connectivity index (χ2n) is 2.01. The minimum Gasteiger partial charge on any atom is -0.298 e. The lowest BCUT2D eigenvalue weighted by Crippen LogP contribution is -1.80. The van der Waals surface area contributed by atoms with Crippen molar-refractivity contribution < 1.29 is 4.79 Å². The van der Waals surface area contributed by atoms with Gasteiger partial charge in [-0.05, 0) is 5.56 Å². The average Bonchev–Trinajstić information content (AvgIpc) is 2.05. The Morgan fingerprint density at radius 2 is 1.90 bits per heavy atom. The Morgan fingerprint density at radius 3 is 2.40 bits per heavy atom. The molecule has 0 amide bonds. The molecule has 0 saturated heterocycles. The van der Waals surface area contributed by atoms with Crippen molar-refractivity contribution in [2.45, 2.75) is 0 Å². The zero-order valence-electron chi connectivity index (χ0n) is 5.58. The summed E-state index contributed by atoms with van der Waals surface area (Å²) in [5, 5.41) is 0. The standard InChI is InChI=1S/C9H8O/c1-8(7-10)9-5-3-2-4-6-9/h2-7H,1H2. The number of benzene rings is 1. The topological polar surface area (TPSA) is 17.1 Å². The van der Waals surface area contributed by atoms with Gasteiger partial charge >= 0.3 is 0 Å². The summed E-state index contributed by atoms with van der Waals surface area (Å²) >= 11 is 0. The fraction of sp³-hybridized carbons (Fsp3) is 0. The van der Waals surface area contributed by atoms with E-state index in [0.717, 1.165) is 11.8 Å². The predicted molar refractivity (Wildman–Crippen MR) is 41.5 cm³/mol. The molecule has 0 bridgehead atoms. The molecule has 0 aliphatic heterocycles. The average molecular weight is 132 g/mol. The molecule has 1 rings (SSSR count). The van der Waals surface area contributed by atoms with Crippen LogP contribution in [0.2, 0.25) is 0 Å². The summed E-state index contributed by atoms with van der Waals surface area (Å²) in [7, 11) is 0. The van der Waals surface area contributed by atoms with Crippen molar-refractivity contribution in [3.8, 4) is 0 Å². The van der Waals surface area contributed by atoms with E-state index in [-0.39, 0.29) is 0 Å². The second-order valence-corrected chi connectivity index (χ2v) is 2.01. The summed E-state index contributed by atoms with van der Waals surface area (Å²) in [6.45, 7) is 3.58. The molecule has 0 atom stereocenters. The molecule has 1 aromatic carbocycles. The van der Waals surface area contributed by atoms with Crippen LogP contribution in [0.4, 0.5) is 0 Å². The normalized spacial score (nSPS) is 8.80. The molecule has 1 heteroatoms. The van der Waals surface area contributed by atoms with Crippen LogP contribution in [0.25, 0.3) is 5.57 Å². The third-order valence-electron chi connectivity index (χ3n) is 1.29. The van der Waals surface area contributed by atoms with Gasteiger partial charge in [0, 0.05) is 5.57 Å². The minimum absolute atomic E-state index is 0.528. The molecular weight excluding hydrogens is 124 g/mol. The van der Waals surface area contributed by atoms with Crippen LogP contribution in [0.1, 0.15) is 5.56 Å². The molecular formula is C9H8O. The number of carbonyl (C=O) groups is 1. The highest BCUT2D eigenvalue weighted by molar-refractivity contribution is 6.05. The lowest BCUT2D eigenvalue weighted by Gasteiger charge is -1.93. The first-order chi connectivity index (χ1) is 4.84. The van der Waals surface area contributed by atoms with Gasteiger partial charge in [0.05, 0.1) is 0 Å². The van der Waals surface area contributed by atoms with Crippen LogP contribution < -0.4 is 0 Å². The first-order valence-electron chi connectivity index (χ1n) is 3.04. The molecule has 1 nitrogen and oxygen atoms in total. The van der Waals surface area contributed by atoms with Crippen molar-refractivity contribution in [1.29, 1.82) is 0 Å². The zero-order valence-corrected chi connectivity index (χ0v) is 5.58. The minimum atomic E-state index is 0.528. The zero-order chi connectivity index (χ0) is 7.40. The first-order valence-corrected chi connectivity index (χ1v) is 3.04. The summed E-state index contributed by atoms with van der Waals surface area (Å²) in [5.74, 6) is 0. The molecule has 0 unspecified atom stereocenters. The summed E-state index contributed by atoms with van der Waals surface area (Å²) in [4.78, 5) is 10.2. The van der Waals surface area contributed by atoms with E-state index in [4.69, 9.17) is 0 Å². The Kier molecular flexibility index (Phi) is 2.00. The second kappa shape index (κ2) is 2.97. The Balaban J connectivity index is 2.95. The fourth-order valence-corrected chi connectivity index (χ4v) is 0.720. The molecule has 0 aromatic heterocycles. The molecule has 0 fully saturated rings. The smallest absolute Gasteiger partial charge is 0.150 e. The van der Waals surface area contributed by atoms with Gasteiger partial charge in [-0.25, -0.2) is 0 Å². The third kappa shape index (κ3) is 1.32. The Labute approximate surface area is 60.0 Å². The van der Waals surface area contributed by atoms with Gasteiger partial charge in [0.2, 0.25) is 0 Å². The molecule has 0 radical (unpaired) electrons. The van der Waals surface area contributed by atoms with E-state index in [2.05, 4.69) is 6.58 Å². The van der Waals surface area contributed by atoms with E-state index in [9.17, 15) is 4.79 Å². The Bertz CT molecular complexity index is 236. The number of hydrogen-bond donors (Lipinski definition) is 0. The van der Waals surface area contributed by atoms with Gasteiger partial charge in [0.15, 0.2) is 0 Å². The third-order valence-corrected chi connectivity index (χ3v) is 1.29. The van der Waals surface area contributed by atoms with Crippen molar-refractivity contribution in [3.63, 3.8) is 0 Å². The lowest BCUT2D eigenvalue weighted by atomic mass is 10.1. The summed E-state index contributed by atoms with van der Waals surface area (Å²) in [6.07, 6.45) is 0.759. The van der Waals surface area contributed by atoms with Crippen molar-refractivity contribution in [1.82, 2.24) is 0 Å². The maximum absolute atomic E-state index is 10.2. The van der Waals surface area contributed by atoms with Crippen LogP contribution in [-0.2, 0) is 4.79 Å². The molecule has 10 heavy (non-hydrogen) atoms. The highest BCUT2D eigenvalue weighted by Crippen LogP contribution is 2.07. The van der Waals surface area contributed by atoms with E-state index in [1.807, 2.05) is 30.3 Å². The van der Waals surface area contributed by atoms with Gasteiger partial charge in [-0.1, -0.05) is 36.9 Å². The van der Waals surface area contributed by atoms with Crippen LogP contribution in [0.15, 0.2) is 36.9 Å². The highest BCUT2D eigenvalue weighted by Gasteiger charge is 1.91. The molecule has 50 valence electrons. The number of aldehydes is 1. The van der Waals surface area contributed by atoms with Gasteiger partial charge in [0.25, 0.3) is 0 Å². The molecule has 0 heterocycles. The van der Waals surface area contributed by atoms with Crippen molar-refractivity contribution in [3.05, 3.63) is 42.5 Å². The van der Waals surface area contributed by atoms with Crippen molar-refractivity contribution in [2.75, 3.05) is 0 Å². The predicted octanol–water partition coefficient (Wildman–Crippen LogP) is 1.90. The lowest BCUT2D eigenvalue weighted by molar-refractivity contribution is -0.103. The Hall–Kier alpha value is -1.37. The first kappa shape index (κ1) is 6.75. The molecule has 0 spiro atoms. The van der Waals surface area contributed by atoms with E-state index < -0.39 is 0 Å². The van der Waals surface area contributed by atoms with Crippen molar-refractivity contribution >= 4 is 11.9 Å². The monoisotopic (exact) mass is 132 g/mol. The fourth-order valence-electron chi connectivity index (χ4n) is 0.720. The van der Waals surface area contributed by atoms with E-state index in [0.29, 0.717) is 5.57 Å². The van der Waals surface area contributed by atoms with Gasteiger partial charge in [-0.15, -0.1) is 0 Å². The number of allylic oxidation sites excluding steroid dienone is 1. The highest BCUT2D eigenvalue weighted by atomic mass is 16.1. The van der Waals surface area contributed by atoms with Crippen LogP contribution in [0.3, 0.4) is 0 Å². The number of rotatable bonds is 2. The molecule has 0 saturated carbocycles. The van der Waals surface area contributed by atoms with E-state index in [1.165, 1.54) is 0 Å². The van der Waals surface area contributed by atoms with Crippen LogP contribution >= 0.6 is 0 Å². The van der Waals surface area contributed by atoms with Gasteiger partial charge in [-0.2, -0.15) is 0 Å². The van der Waals surface area contributed by atoms with Crippen LogP contribution in [0, 0.1) is 0 Å². The quantitative estimate of drug-likeness (QED) is 0.443. The maximum atomic E-state index is 10.2. The SMILES string of the molecule is C=C(C=O)c1ccccc1. The largest absolute Gasteiger partial charge is 0.298 e. The number of carbonyl (C=O) groups excluding carboxylic acids is 1. The van der Waals surface area contributed by atoms with Gasteiger partial charge in [0.1, 0.15) is 6.29 Å². The number of hydrogen-bond acceptors (Lipinski definition) is 1. The maximum Gasteiger partial charge on any atom is 0.150 e. The summed E-state index contributed by atoms with van der Waals surface area (Å²) in [5.41, 5.74) is 1.41. The molecule has 0 aliphatic rings. The molecule has 0 N–H and O–H groups in total. The molecule has 1 aromatic rings. The Morgan fingerprint density at radius 1 is 1.30 bits per heavy atom. The van der Waals surface area contributed by atoms with Gasteiger partial charge in [-0.3, -0.25) is 4.79 Å². The van der Waals surface area contributed by atoms with Crippen LogP contribution in [0.5, 0.6) is 0 Å². The van der Waals surface area contributed by atoms with Crippen LogP contribution in [-0.4, -0.2) is 6.29 Å². The summed E-state index contributed by atoms with van der Waals surface area (Å²) < 4.78 is 0. The van der Waals surface area contributed by atoms with E-state index >= 15 is 0 Å². The van der Waals surface area contributed by atoms with Crippen molar-refractivity contribution in [2.24, 2.45) is 0 Å². The van der Waals surface area contributed by atoms with Gasteiger partial charge < -0.3 is 0 Å². The van der Waals surface area contributed by atoms with E-state index in [1.54, 1.807) is 0 Å². The summed E-state index contributed by atoms with van der Waals surface area (Å²) in [6, 6.07) is 9.38.